The summed E-state index contributed by atoms with van der Waals surface area (Å²) in [7, 11) is 0. The first kappa shape index (κ1) is 20.9. The second-order valence-corrected chi connectivity index (χ2v) is 8.60. The lowest BCUT2D eigenvalue weighted by atomic mass is 9.96. The zero-order valence-electron chi connectivity index (χ0n) is 18.8. The van der Waals surface area contributed by atoms with Crippen molar-refractivity contribution in [3.05, 3.63) is 101 Å². The van der Waals surface area contributed by atoms with E-state index in [-0.39, 0.29) is 5.78 Å². The van der Waals surface area contributed by atoms with Gasteiger partial charge in [0.15, 0.2) is 5.78 Å². The Morgan fingerprint density at radius 1 is 0.824 bits per heavy atom. The van der Waals surface area contributed by atoms with Gasteiger partial charge in [-0.1, -0.05) is 48.5 Å². The minimum absolute atomic E-state index is 0.0356. The van der Waals surface area contributed by atoms with E-state index >= 15 is 0 Å². The zero-order chi connectivity index (χ0) is 22.9. The summed E-state index contributed by atoms with van der Waals surface area (Å²) in [5.74, 6) is 1.27. The van der Waals surface area contributed by atoms with Gasteiger partial charge >= 0.3 is 0 Å². The number of para-hydroxylation sites is 1. The van der Waals surface area contributed by atoms with Gasteiger partial charge in [-0.05, 0) is 41.5 Å². The summed E-state index contributed by atoms with van der Waals surface area (Å²) in [5.41, 5.74) is 4.83. The van der Waals surface area contributed by atoms with E-state index in [1.807, 2.05) is 78.9 Å². The Balaban J connectivity index is 1.34. The maximum atomic E-state index is 13.7. The normalized spacial score (nSPS) is 16.3. The van der Waals surface area contributed by atoms with Crippen LogP contribution in [0.15, 0.2) is 83.3 Å². The molecule has 0 bridgehead atoms. The molecule has 34 heavy (non-hydrogen) atoms. The van der Waals surface area contributed by atoms with Gasteiger partial charge in [-0.15, -0.1) is 0 Å². The highest BCUT2D eigenvalue weighted by molar-refractivity contribution is 6.41. The Bertz CT molecular complexity index is 1350. The molecule has 0 N–H and O–H groups in total. The number of allylic oxidation sites excluding steroid dienone is 1. The highest BCUT2D eigenvalue weighted by Crippen LogP contribution is 2.44. The fourth-order valence-corrected chi connectivity index (χ4v) is 4.76. The van der Waals surface area contributed by atoms with Crippen LogP contribution < -0.4 is 4.74 Å². The number of benzene rings is 3. The fourth-order valence-electron chi connectivity index (χ4n) is 4.76. The molecule has 5 nitrogen and oxygen atoms in total. The molecule has 0 amide bonds. The largest absolute Gasteiger partial charge is 0.492 e. The lowest BCUT2D eigenvalue weighted by molar-refractivity contribution is 0.0322. The first-order valence-electron chi connectivity index (χ1n) is 11.7. The van der Waals surface area contributed by atoms with Gasteiger partial charge in [0.2, 0.25) is 0 Å². The molecule has 1 aliphatic heterocycles. The molecule has 2 heterocycles. The third kappa shape index (κ3) is 3.83. The van der Waals surface area contributed by atoms with Crippen molar-refractivity contribution in [3.63, 3.8) is 0 Å². The SMILES string of the molecule is O=C1C(c2cc3ccccc3o2)=C(c2ccccc2)c2ccc(OCCN3CCOCC3)cc21. The average Bonchev–Trinajstić information content (AvgIpc) is 3.44. The van der Waals surface area contributed by atoms with E-state index in [2.05, 4.69) is 4.90 Å². The minimum Gasteiger partial charge on any atom is -0.492 e. The van der Waals surface area contributed by atoms with Crippen molar-refractivity contribution in [2.24, 2.45) is 0 Å². The minimum atomic E-state index is -0.0356. The molecule has 5 heteroatoms. The number of Topliss-reactive ketones (excluding diaryl/α,β-unsaturated/α-hetero) is 1. The Hall–Kier alpha value is -3.67. The molecule has 6 rings (SSSR count). The van der Waals surface area contributed by atoms with Crippen molar-refractivity contribution in [2.75, 3.05) is 39.5 Å². The summed E-state index contributed by atoms with van der Waals surface area (Å²) < 4.78 is 17.6. The van der Waals surface area contributed by atoms with Crippen molar-refractivity contribution in [1.29, 1.82) is 0 Å². The van der Waals surface area contributed by atoms with Crippen LogP contribution in [0.2, 0.25) is 0 Å². The van der Waals surface area contributed by atoms with Crippen molar-refractivity contribution >= 4 is 27.9 Å². The molecule has 4 aromatic rings. The number of nitrogens with zero attached hydrogens (tertiary/aromatic N) is 1. The van der Waals surface area contributed by atoms with Gasteiger partial charge in [-0.2, -0.15) is 0 Å². The van der Waals surface area contributed by atoms with Crippen LogP contribution in [0.25, 0.3) is 22.1 Å². The second-order valence-electron chi connectivity index (χ2n) is 8.60. The molecule has 0 saturated carbocycles. The van der Waals surface area contributed by atoms with Gasteiger partial charge in [-0.3, -0.25) is 9.69 Å². The second kappa shape index (κ2) is 8.93. The molecule has 2 aliphatic rings. The standard InChI is InChI=1S/C29H25NO4/c31-29-24-19-22(33-17-14-30-12-15-32-16-13-30)10-11-23(24)27(20-6-2-1-3-7-20)28(29)26-18-21-8-4-5-9-25(21)34-26/h1-11,18-19H,12-17H2. The third-order valence-electron chi connectivity index (χ3n) is 6.50. The summed E-state index contributed by atoms with van der Waals surface area (Å²) in [4.78, 5) is 16.1. The van der Waals surface area contributed by atoms with E-state index < -0.39 is 0 Å². The van der Waals surface area contributed by atoms with Crippen LogP contribution in [-0.4, -0.2) is 50.1 Å². The van der Waals surface area contributed by atoms with Crippen LogP contribution in [0.1, 0.15) is 27.2 Å². The van der Waals surface area contributed by atoms with Crippen LogP contribution >= 0.6 is 0 Å². The van der Waals surface area contributed by atoms with Gasteiger partial charge in [0.25, 0.3) is 0 Å². The number of carbonyl (C=O) groups is 1. The molecule has 3 aromatic carbocycles. The Morgan fingerprint density at radius 3 is 2.44 bits per heavy atom. The lowest BCUT2D eigenvalue weighted by Gasteiger charge is -2.26. The maximum Gasteiger partial charge on any atom is 0.198 e. The number of hydrogen-bond donors (Lipinski definition) is 0. The first-order valence-corrected chi connectivity index (χ1v) is 11.7. The summed E-state index contributed by atoms with van der Waals surface area (Å²) in [6.45, 7) is 4.81. The maximum absolute atomic E-state index is 13.7. The van der Waals surface area contributed by atoms with Crippen LogP contribution in [0, 0.1) is 0 Å². The van der Waals surface area contributed by atoms with Gasteiger partial charge in [0, 0.05) is 36.2 Å². The summed E-state index contributed by atoms with van der Waals surface area (Å²) in [5, 5.41) is 0.980. The van der Waals surface area contributed by atoms with Crippen molar-refractivity contribution in [2.45, 2.75) is 0 Å². The summed E-state index contributed by atoms with van der Waals surface area (Å²) in [6.07, 6.45) is 0. The number of morpholine rings is 1. The van der Waals surface area contributed by atoms with Gasteiger partial charge in [0.1, 0.15) is 23.7 Å². The van der Waals surface area contributed by atoms with Crippen molar-refractivity contribution < 1.29 is 18.7 Å². The number of rotatable bonds is 6. The Labute approximate surface area is 198 Å². The summed E-state index contributed by atoms with van der Waals surface area (Å²) >= 11 is 0. The van der Waals surface area contributed by atoms with E-state index in [1.54, 1.807) is 0 Å². The topological polar surface area (TPSA) is 51.9 Å². The van der Waals surface area contributed by atoms with Crippen molar-refractivity contribution in [1.82, 2.24) is 4.90 Å². The number of furan rings is 1. The molecule has 170 valence electrons. The number of fused-ring (bicyclic) bond motifs is 2. The Morgan fingerprint density at radius 2 is 1.62 bits per heavy atom. The van der Waals surface area contributed by atoms with Gasteiger partial charge in [-0.25, -0.2) is 0 Å². The van der Waals surface area contributed by atoms with E-state index in [9.17, 15) is 4.79 Å². The lowest BCUT2D eigenvalue weighted by Crippen LogP contribution is -2.38. The molecule has 0 spiro atoms. The van der Waals surface area contributed by atoms with E-state index in [1.165, 1.54) is 0 Å². The van der Waals surface area contributed by atoms with Crippen molar-refractivity contribution in [3.8, 4) is 5.75 Å². The average molecular weight is 452 g/mol. The van der Waals surface area contributed by atoms with Crippen LogP contribution in [0.3, 0.4) is 0 Å². The van der Waals surface area contributed by atoms with E-state index in [0.717, 1.165) is 60.5 Å². The van der Waals surface area contributed by atoms with E-state index in [0.29, 0.717) is 29.3 Å². The molecule has 0 unspecified atom stereocenters. The van der Waals surface area contributed by atoms with Gasteiger partial charge in [0.05, 0.1) is 18.8 Å². The van der Waals surface area contributed by atoms with E-state index in [4.69, 9.17) is 13.9 Å². The predicted molar refractivity (Wildman–Crippen MR) is 132 cm³/mol. The number of hydrogen-bond acceptors (Lipinski definition) is 5. The monoisotopic (exact) mass is 451 g/mol. The van der Waals surface area contributed by atoms with Gasteiger partial charge < -0.3 is 13.9 Å². The number of carbonyl (C=O) groups excluding carboxylic acids is 1. The molecule has 0 radical (unpaired) electrons. The first-order chi connectivity index (χ1) is 16.8. The molecular weight excluding hydrogens is 426 g/mol. The fraction of sp³-hybridized carbons (Fsp3) is 0.207. The van der Waals surface area contributed by atoms with Crippen LogP contribution in [-0.2, 0) is 4.74 Å². The molecule has 1 fully saturated rings. The highest BCUT2D eigenvalue weighted by atomic mass is 16.5. The summed E-state index contributed by atoms with van der Waals surface area (Å²) in [6, 6.07) is 25.6. The predicted octanol–water partition coefficient (Wildman–Crippen LogP) is 5.30. The molecular formula is C29H25NO4. The zero-order valence-corrected chi connectivity index (χ0v) is 18.8. The molecule has 0 atom stereocenters. The molecule has 1 saturated heterocycles. The number of ketones is 1. The third-order valence-corrected chi connectivity index (χ3v) is 6.50. The molecule has 1 aliphatic carbocycles. The quantitative estimate of drug-likeness (QED) is 0.398. The smallest absolute Gasteiger partial charge is 0.198 e. The Kier molecular flexibility index (Phi) is 5.49. The van der Waals surface area contributed by atoms with Crippen LogP contribution in [0.5, 0.6) is 5.75 Å². The van der Waals surface area contributed by atoms with Crippen LogP contribution in [0.4, 0.5) is 0 Å². The number of ether oxygens (including phenoxy) is 2. The highest BCUT2D eigenvalue weighted by Gasteiger charge is 2.33. The molecule has 1 aromatic heterocycles.